The molecule has 1 aromatic rings. The number of carbonyl (C=O) groups excluding carboxylic acids is 1. The minimum Gasteiger partial charge on any atom is -0.493 e. The monoisotopic (exact) mass is 351 g/mol. The van der Waals surface area contributed by atoms with E-state index in [9.17, 15) is 14.7 Å². The maximum absolute atomic E-state index is 12.4. The summed E-state index contributed by atoms with van der Waals surface area (Å²) < 4.78 is 15.5. The zero-order valence-corrected chi connectivity index (χ0v) is 14.9. The molecular weight excluding hydrogens is 326 g/mol. The number of ether oxygens (including phenoxy) is 3. The molecule has 7 nitrogen and oxygen atoms in total. The second-order valence-electron chi connectivity index (χ2n) is 6.27. The van der Waals surface area contributed by atoms with Crippen molar-refractivity contribution in [1.82, 2.24) is 4.90 Å². The predicted octanol–water partition coefficient (Wildman–Crippen LogP) is 1.59. The third-order valence-corrected chi connectivity index (χ3v) is 4.66. The molecule has 0 bridgehead atoms. The van der Waals surface area contributed by atoms with Gasteiger partial charge in [0.05, 0.1) is 20.8 Å². The quantitative estimate of drug-likeness (QED) is 0.765. The average Bonchev–Trinajstić information content (AvgIpc) is 3.05. The molecule has 0 aliphatic carbocycles. The van der Waals surface area contributed by atoms with Crippen molar-refractivity contribution < 1.29 is 28.9 Å². The third kappa shape index (κ3) is 4.22. The van der Waals surface area contributed by atoms with E-state index in [0.29, 0.717) is 37.3 Å². The molecule has 1 fully saturated rings. The lowest BCUT2D eigenvalue weighted by molar-refractivity contribution is -0.151. The fourth-order valence-electron chi connectivity index (χ4n) is 3.16. The number of methoxy groups -OCH3 is 3. The van der Waals surface area contributed by atoms with E-state index in [0.717, 1.165) is 5.56 Å². The van der Waals surface area contributed by atoms with Gasteiger partial charge in [0.1, 0.15) is 5.41 Å². The Kier molecular flexibility index (Phi) is 6.25. The van der Waals surface area contributed by atoms with Gasteiger partial charge in [-0.15, -0.1) is 0 Å². The van der Waals surface area contributed by atoms with Crippen LogP contribution in [0.15, 0.2) is 18.2 Å². The lowest BCUT2D eigenvalue weighted by Crippen LogP contribution is -2.40. The van der Waals surface area contributed by atoms with Gasteiger partial charge < -0.3 is 24.2 Å². The highest BCUT2D eigenvalue weighted by Gasteiger charge is 2.46. The van der Waals surface area contributed by atoms with Gasteiger partial charge in [-0.25, -0.2) is 0 Å². The van der Waals surface area contributed by atoms with Gasteiger partial charge in [0, 0.05) is 26.6 Å². The number of nitrogens with zero attached hydrogens (tertiary/aromatic N) is 1. The first kappa shape index (κ1) is 19.1. The van der Waals surface area contributed by atoms with Crippen LogP contribution in [0.2, 0.25) is 0 Å². The number of aryl methyl sites for hydroxylation is 1. The second-order valence-corrected chi connectivity index (χ2v) is 6.27. The third-order valence-electron chi connectivity index (χ3n) is 4.66. The summed E-state index contributed by atoms with van der Waals surface area (Å²) in [6.07, 6.45) is 1.29. The van der Waals surface area contributed by atoms with Gasteiger partial charge in [-0.2, -0.15) is 0 Å². The summed E-state index contributed by atoms with van der Waals surface area (Å²) in [6, 6.07) is 5.55. The van der Waals surface area contributed by atoms with Crippen molar-refractivity contribution in [2.24, 2.45) is 5.41 Å². The van der Waals surface area contributed by atoms with E-state index < -0.39 is 11.4 Å². The molecule has 0 radical (unpaired) electrons. The summed E-state index contributed by atoms with van der Waals surface area (Å²) in [7, 11) is 4.62. The van der Waals surface area contributed by atoms with Gasteiger partial charge in [-0.05, 0) is 30.5 Å². The highest BCUT2D eigenvalue weighted by Crippen LogP contribution is 2.32. The van der Waals surface area contributed by atoms with Crippen molar-refractivity contribution in [2.75, 3.05) is 41.0 Å². The van der Waals surface area contributed by atoms with E-state index in [1.54, 1.807) is 19.1 Å². The first-order chi connectivity index (χ1) is 12.0. The molecule has 25 heavy (non-hydrogen) atoms. The molecule has 138 valence electrons. The molecule has 1 aliphatic heterocycles. The van der Waals surface area contributed by atoms with E-state index >= 15 is 0 Å². The number of hydrogen-bond acceptors (Lipinski definition) is 5. The highest BCUT2D eigenvalue weighted by atomic mass is 16.5. The first-order valence-corrected chi connectivity index (χ1v) is 8.17. The summed E-state index contributed by atoms with van der Waals surface area (Å²) in [6.45, 7) is 0.753. The fourth-order valence-corrected chi connectivity index (χ4v) is 3.16. The molecule has 0 saturated carbocycles. The van der Waals surface area contributed by atoms with E-state index in [2.05, 4.69) is 0 Å². The molecule has 1 unspecified atom stereocenters. The molecule has 1 N–H and O–H groups in total. The molecule has 2 rings (SSSR count). The van der Waals surface area contributed by atoms with Crippen LogP contribution in [-0.4, -0.2) is 62.9 Å². The smallest absolute Gasteiger partial charge is 0.313 e. The Balaban J connectivity index is 1.96. The topological polar surface area (TPSA) is 85.3 Å². The Labute approximate surface area is 147 Å². The minimum atomic E-state index is -0.992. The van der Waals surface area contributed by atoms with Gasteiger partial charge >= 0.3 is 5.97 Å². The summed E-state index contributed by atoms with van der Waals surface area (Å²) in [5.41, 5.74) is -0.0279. The molecule has 1 aliphatic rings. The van der Waals surface area contributed by atoms with Crippen LogP contribution in [0, 0.1) is 5.41 Å². The molecule has 1 atom stereocenters. The summed E-state index contributed by atoms with van der Waals surface area (Å²) in [5, 5.41) is 9.47. The maximum Gasteiger partial charge on any atom is 0.313 e. The fraction of sp³-hybridized carbons (Fsp3) is 0.556. The largest absolute Gasteiger partial charge is 0.493 e. The molecule has 7 heteroatoms. The standard InChI is InChI=1S/C18H25NO6/c1-23-12-18(17(21)22)8-9-19(11-18)16(20)7-5-13-4-6-14(24-2)15(10-13)25-3/h4,6,10H,5,7-9,11-12H2,1-3H3,(H,21,22). The van der Waals surface area contributed by atoms with Crippen LogP contribution in [0.1, 0.15) is 18.4 Å². The molecule has 1 aromatic carbocycles. The number of carboxylic acids is 1. The SMILES string of the molecule is COCC1(C(=O)O)CCN(C(=O)CCc2ccc(OC)c(OC)c2)C1. The number of rotatable bonds is 8. The molecule has 1 saturated heterocycles. The highest BCUT2D eigenvalue weighted by molar-refractivity contribution is 5.81. The molecule has 1 heterocycles. The van der Waals surface area contributed by atoms with E-state index in [4.69, 9.17) is 14.2 Å². The number of hydrogen-bond donors (Lipinski definition) is 1. The Hall–Kier alpha value is -2.28. The van der Waals surface area contributed by atoms with Gasteiger partial charge in [0.25, 0.3) is 0 Å². The number of likely N-dealkylation sites (tertiary alicyclic amines) is 1. The summed E-state index contributed by atoms with van der Waals surface area (Å²) in [5.74, 6) is 0.306. The number of carboxylic acid groups (broad SMARTS) is 1. The number of amides is 1. The van der Waals surface area contributed by atoms with Crippen LogP contribution in [0.5, 0.6) is 11.5 Å². The lowest BCUT2D eigenvalue weighted by Gasteiger charge is -2.23. The van der Waals surface area contributed by atoms with Gasteiger partial charge in [0.15, 0.2) is 11.5 Å². The van der Waals surface area contributed by atoms with Crippen molar-refractivity contribution in [3.63, 3.8) is 0 Å². The Morgan fingerprint density at radius 2 is 1.92 bits per heavy atom. The maximum atomic E-state index is 12.4. The van der Waals surface area contributed by atoms with Crippen molar-refractivity contribution in [3.8, 4) is 11.5 Å². The molecule has 0 spiro atoms. The number of carbonyl (C=O) groups is 2. The zero-order valence-electron chi connectivity index (χ0n) is 14.9. The van der Waals surface area contributed by atoms with E-state index in [1.165, 1.54) is 7.11 Å². The Morgan fingerprint density at radius 3 is 2.52 bits per heavy atom. The lowest BCUT2D eigenvalue weighted by atomic mass is 9.88. The van der Waals surface area contributed by atoms with Gasteiger partial charge in [0.2, 0.25) is 5.91 Å². The average molecular weight is 351 g/mol. The normalized spacial score (nSPS) is 19.7. The van der Waals surface area contributed by atoms with Crippen molar-refractivity contribution in [3.05, 3.63) is 23.8 Å². The van der Waals surface area contributed by atoms with Crippen LogP contribution in [0.25, 0.3) is 0 Å². The van der Waals surface area contributed by atoms with Gasteiger partial charge in [-0.1, -0.05) is 6.07 Å². The van der Waals surface area contributed by atoms with Crippen LogP contribution in [0.3, 0.4) is 0 Å². The summed E-state index contributed by atoms with van der Waals surface area (Å²) >= 11 is 0. The van der Waals surface area contributed by atoms with Crippen LogP contribution in [-0.2, 0) is 20.7 Å². The zero-order chi connectivity index (χ0) is 18.4. The molecule has 1 amide bonds. The van der Waals surface area contributed by atoms with Crippen LogP contribution in [0.4, 0.5) is 0 Å². The predicted molar refractivity (Wildman–Crippen MR) is 91.0 cm³/mol. The van der Waals surface area contributed by atoms with Gasteiger partial charge in [-0.3, -0.25) is 9.59 Å². The second kappa shape index (κ2) is 8.20. The number of aliphatic carboxylic acids is 1. The molecule has 0 aromatic heterocycles. The Morgan fingerprint density at radius 1 is 1.20 bits per heavy atom. The van der Waals surface area contributed by atoms with Crippen molar-refractivity contribution >= 4 is 11.9 Å². The Bertz CT molecular complexity index is 632. The van der Waals surface area contributed by atoms with Crippen LogP contribution >= 0.6 is 0 Å². The first-order valence-electron chi connectivity index (χ1n) is 8.17. The van der Waals surface area contributed by atoms with E-state index in [1.807, 2.05) is 18.2 Å². The minimum absolute atomic E-state index is 0.0472. The summed E-state index contributed by atoms with van der Waals surface area (Å²) in [4.78, 5) is 25.6. The van der Waals surface area contributed by atoms with Crippen molar-refractivity contribution in [1.29, 1.82) is 0 Å². The number of benzene rings is 1. The van der Waals surface area contributed by atoms with Crippen molar-refractivity contribution in [2.45, 2.75) is 19.3 Å². The van der Waals surface area contributed by atoms with E-state index in [-0.39, 0.29) is 19.1 Å². The molecular formula is C18H25NO6. The van der Waals surface area contributed by atoms with Crippen LogP contribution < -0.4 is 9.47 Å².